The number of hydrogen-bond acceptors (Lipinski definition) is 4. The number of carbonyl (C=O) groups excluding carboxylic acids is 1. The number of β-amino-alcohol motifs (C(OH)–C–C–N with tert-alkyl or cyclic N) is 1. The number of methoxy groups -OCH3 is 1. The van der Waals surface area contributed by atoms with Gasteiger partial charge in [-0.2, -0.15) is 0 Å². The number of carbonyl (C=O) groups is 1. The fourth-order valence-electron chi connectivity index (χ4n) is 1.58. The molecule has 0 amide bonds. The van der Waals surface area contributed by atoms with E-state index in [1.807, 2.05) is 6.92 Å². The Hall–Kier alpha value is -0.610. The number of hydrogen-bond donors (Lipinski definition) is 1. The fraction of sp³-hybridized carbons (Fsp3) is 0.889. The minimum Gasteiger partial charge on any atom is -0.469 e. The molecule has 0 aromatic heterocycles. The maximum absolute atomic E-state index is 10.8. The van der Waals surface area contributed by atoms with Crippen LogP contribution < -0.4 is 0 Å². The van der Waals surface area contributed by atoms with Crippen molar-refractivity contribution in [3.8, 4) is 0 Å². The van der Waals surface area contributed by atoms with Crippen LogP contribution in [0, 0.1) is 0 Å². The van der Waals surface area contributed by atoms with Crippen LogP contribution in [0.1, 0.15) is 19.8 Å². The van der Waals surface area contributed by atoms with Gasteiger partial charge >= 0.3 is 5.97 Å². The average molecular weight is 187 g/mol. The molecule has 0 bridgehead atoms. The van der Waals surface area contributed by atoms with Crippen LogP contribution >= 0.6 is 0 Å². The number of ether oxygens (including phenoxy) is 1. The first-order valence-electron chi connectivity index (χ1n) is 4.55. The zero-order chi connectivity index (χ0) is 9.90. The predicted molar refractivity (Wildman–Crippen MR) is 48.3 cm³/mol. The number of nitrogens with zero attached hydrogens (tertiary/aromatic N) is 1. The summed E-state index contributed by atoms with van der Waals surface area (Å²) in [5.74, 6) is -0.188. The largest absolute Gasteiger partial charge is 0.469 e. The Morgan fingerprint density at radius 3 is 2.85 bits per heavy atom. The molecule has 1 aliphatic rings. The molecule has 13 heavy (non-hydrogen) atoms. The smallest absolute Gasteiger partial charge is 0.306 e. The summed E-state index contributed by atoms with van der Waals surface area (Å²) in [7, 11) is 1.39. The van der Waals surface area contributed by atoms with Crippen molar-refractivity contribution in [3.63, 3.8) is 0 Å². The molecular formula is C9H17NO3. The minimum atomic E-state index is -0.573. The maximum Gasteiger partial charge on any atom is 0.306 e. The third-order valence-corrected chi connectivity index (χ3v) is 2.39. The monoisotopic (exact) mass is 187 g/mol. The quantitative estimate of drug-likeness (QED) is 0.632. The second-order valence-electron chi connectivity index (χ2n) is 3.85. The van der Waals surface area contributed by atoms with Gasteiger partial charge in [-0.15, -0.1) is 0 Å². The number of rotatable bonds is 3. The van der Waals surface area contributed by atoms with Gasteiger partial charge in [0.15, 0.2) is 0 Å². The van der Waals surface area contributed by atoms with E-state index in [-0.39, 0.29) is 5.97 Å². The Balaban J connectivity index is 2.21. The Bertz CT molecular complexity index is 191. The Morgan fingerprint density at radius 2 is 2.38 bits per heavy atom. The van der Waals surface area contributed by atoms with E-state index >= 15 is 0 Å². The minimum absolute atomic E-state index is 0.188. The van der Waals surface area contributed by atoms with Crippen LogP contribution in [0.5, 0.6) is 0 Å². The van der Waals surface area contributed by atoms with E-state index in [1.54, 1.807) is 0 Å². The van der Waals surface area contributed by atoms with Crippen molar-refractivity contribution < 1.29 is 14.6 Å². The van der Waals surface area contributed by atoms with Crippen LogP contribution in [0.2, 0.25) is 0 Å². The lowest BCUT2D eigenvalue weighted by Crippen LogP contribution is -2.31. The summed E-state index contributed by atoms with van der Waals surface area (Å²) < 4.78 is 4.53. The highest BCUT2D eigenvalue weighted by Crippen LogP contribution is 2.19. The third kappa shape index (κ3) is 3.32. The topological polar surface area (TPSA) is 49.8 Å². The van der Waals surface area contributed by atoms with E-state index in [1.165, 1.54) is 7.11 Å². The summed E-state index contributed by atoms with van der Waals surface area (Å²) in [6, 6.07) is 0. The van der Waals surface area contributed by atoms with E-state index in [2.05, 4.69) is 9.64 Å². The standard InChI is InChI=1S/C9H17NO3/c1-9(12)4-6-10(7-9)5-3-8(11)13-2/h12H,3-7H2,1-2H3. The lowest BCUT2D eigenvalue weighted by atomic mass is 10.1. The zero-order valence-electron chi connectivity index (χ0n) is 8.25. The van der Waals surface area contributed by atoms with Crippen LogP contribution in [0.4, 0.5) is 0 Å². The molecule has 4 nitrogen and oxygen atoms in total. The lowest BCUT2D eigenvalue weighted by Gasteiger charge is -2.17. The van der Waals surface area contributed by atoms with Crippen molar-refractivity contribution in [2.75, 3.05) is 26.7 Å². The van der Waals surface area contributed by atoms with Crippen molar-refractivity contribution in [2.45, 2.75) is 25.4 Å². The molecule has 1 heterocycles. The van der Waals surface area contributed by atoms with Gasteiger partial charge in [0.2, 0.25) is 0 Å². The Kier molecular flexibility index (Phi) is 3.27. The van der Waals surface area contributed by atoms with Gasteiger partial charge in [0.25, 0.3) is 0 Å². The second kappa shape index (κ2) is 4.07. The van der Waals surface area contributed by atoms with E-state index in [9.17, 15) is 9.90 Å². The second-order valence-corrected chi connectivity index (χ2v) is 3.85. The van der Waals surface area contributed by atoms with Crippen molar-refractivity contribution >= 4 is 5.97 Å². The normalized spacial score (nSPS) is 29.2. The van der Waals surface area contributed by atoms with Crippen LogP contribution in [-0.2, 0) is 9.53 Å². The van der Waals surface area contributed by atoms with E-state index in [0.29, 0.717) is 19.5 Å². The van der Waals surface area contributed by atoms with Crippen molar-refractivity contribution in [1.29, 1.82) is 0 Å². The Labute approximate surface area is 78.5 Å². The number of esters is 1. The number of likely N-dealkylation sites (tertiary alicyclic amines) is 1. The molecule has 1 aliphatic heterocycles. The number of aliphatic hydroxyl groups is 1. The third-order valence-electron chi connectivity index (χ3n) is 2.39. The van der Waals surface area contributed by atoms with E-state index < -0.39 is 5.60 Å². The molecule has 76 valence electrons. The van der Waals surface area contributed by atoms with Gasteiger partial charge in [0, 0.05) is 19.6 Å². The average Bonchev–Trinajstić information content (AvgIpc) is 2.41. The summed E-state index contributed by atoms with van der Waals surface area (Å²) in [4.78, 5) is 12.9. The highest BCUT2D eigenvalue weighted by molar-refractivity contribution is 5.69. The summed E-state index contributed by atoms with van der Waals surface area (Å²) >= 11 is 0. The van der Waals surface area contributed by atoms with Crippen LogP contribution in [-0.4, -0.2) is 48.3 Å². The highest BCUT2D eigenvalue weighted by atomic mass is 16.5. The maximum atomic E-state index is 10.8. The van der Waals surface area contributed by atoms with Gasteiger partial charge in [-0.3, -0.25) is 9.69 Å². The molecular weight excluding hydrogens is 170 g/mol. The van der Waals surface area contributed by atoms with Crippen molar-refractivity contribution in [3.05, 3.63) is 0 Å². The molecule has 0 saturated carbocycles. The van der Waals surface area contributed by atoms with Gasteiger partial charge in [0.05, 0.1) is 19.1 Å². The summed E-state index contributed by atoms with van der Waals surface area (Å²) in [5.41, 5.74) is -0.573. The molecule has 1 saturated heterocycles. The zero-order valence-corrected chi connectivity index (χ0v) is 8.25. The fourth-order valence-corrected chi connectivity index (χ4v) is 1.58. The molecule has 0 spiro atoms. The first kappa shape index (κ1) is 10.5. The van der Waals surface area contributed by atoms with E-state index in [0.717, 1.165) is 13.0 Å². The van der Waals surface area contributed by atoms with Gasteiger partial charge in [0.1, 0.15) is 0 Å². The van der Waals surface area contributed by atoms with Gasteiger partial charge in [-0.05, 0) is 13.3 Å². The molecule has 0 aliphatic carbocycles. The summed E-state index contributed by atoms with van der Waals surface area (Å²) in [5, 5.41) is 9.63. The van der Waals surface area contributed by atoms with Crippen molar-refractivity contribution in [2.24, 2.45) is 0 Å². The predicted octanol–water partition coefficient (Wildman–Crippen LogP) is 0.00620. The highest BCUT2D eigenvalue weighted by Gasteiger charge is 2.30. The molecule has 4 heteroatoms. The molecule has 1 N–H and O–H groups in total. The van der Waals surface area contributed by atoms with Crippen LogP contribution in [0.3, 0.4) is 0 Å². The van der Waals surface area contributed by atoms with Crippen LogP contribution in [0.15, 0.2) is 0 Å². The summed E-state index contributed by atoms with van der Waals surface area (Å²) in [6.45, 7) is 4.03. The molecule has 1 atom stereocenters. The molecule has 1 unspecified atom stereocenters. The van der Waals surface area contributed by atoms with Gasteiger partial charge < -0.3 is 9.84 Å². The summed E-state index contributed by atoms with van der Waals surface area (Å²) in [6.07, 6.45) is 1.20. The van der Waals surface area contributed by atoms with Crippen molar-refractivity contribution in [1.82, 2.24) is 4.90 Å². The lowest BCUT2D eigenvalue weighted by molar-refractivity contribution is -0.141. The first-order chi connectivity index (χ1) is 6.03. The van der Waals surface area contributed by atoms with Crippen LogP contribution in [0.25, 0.3) is 0 Å². The molecule has 1 fully saturated rings. The Morgan fingerprint density at radius 1 is 1.69 bits per heavy atom. The first-order valence-corrected chi connectivity index (χ1v) is 4.55. The molecule has 0 aromatic rings. The molecule has 0 radical (unpaired) electrons. The van der Waals surface area contributed by atoms with Gasteiger partial charge in [-0.1, -0.05) is 0 Å². The van der Waals surface area contributed by atoms with E-state index in [4.69, 9.17) is 0 Å². The molecule has 1 rings (SSSR count). The van der Waals surface area contributed by atoms with Gasteiger partial charge in [-0.25, -0.2) is 0 Å². The SMILES string of the molecule is COC(=O)CCN1CCC(C)(O)C1. The molecule has 0 aromatic carbocycles.